The zero-order valence-electron chi connectivity index (χ0n) is 24.9. The first-order valence-electron chi connectivity index (χ1n) is 14.7. The molecule has 1 aromatic rings. The quantitative estimate of drug-likeness (QED) is 0.207. The van der Waals surface area contributed by atoms with Crippen molar-refractivity contribution in [3.05, 3.63) is 35.8 Å². The molecule has 2 aliphatic heterocycles. The van der Waals surface area contributed by atoms with Gasteiger partial charge in [-0.1, -0.05) is 40.7 Å². The van der Waals surface area contributed by atoms with Crippen LogP contribution in [0.4, 0.5) is 0 Å². The fourth-order valence-corrected chi connectivity index (χ4v) is 8.99. The molecule has 0 N–H and O–H groups in total. The fraction of sp³-hybridized carbons (Fsp3) is 0.688. The third-order valence-corrected chi connectivity index (χ3v) is 11.4. The Morgan fingerprint density at radius 1 is 1.17 bits per heavy atom. The average Bonchev–Trinajstić information content (AvgIpc) is 3.39. The van der Waals surface area contributed by atoms with Crippen molar-refractivity contribution in [3.8, 4) is 0 Å². The lowest BCUT2D eigenvalue weighted by Gasteiger charge is -2.62. The minimum absolute atomic E-state index is 0.0183. The lowest BCUT2D eigenvalue weighted by atomic mass is 9.40. The first-order chi connectivity index (χ1) is 19.3. The summed E-state index contributed by atoms with van der Waals surface area (Å²) < 4.78 is 29.3. The lowest BCUT2D eigenvalue weighted by Crippen LogP contribution is -2.69. The van der Waals surface area contributed by atoms with Gasteiger partial charge in [0.2, 0.25) is 0 Å². The number of methoxy groups -OCH3 is 1. The lowest BCUT2D eigenvalue weighted by molar-refractivity contribution is -0.195. The highest BCUT2D eigenvalue weighted by Gasteiger charge is 2.84. The summed E-state index contributed by atoms with van der Waals surface area (Å²) in [5, 5.41) is 0. The van der Waals surface area contributed by atoms with Gasteiger partial charge in [0.15, 0.2) is 5.78 Å². The van der Waals surface area contributed by atoms with Crippen molar-refractivity contribution in [1.29, 1.82) is 0 Å². The third kappa shape index (κ3) is 3.56. The van der Waals surface area contributed by atoms with Gasteiger partial charge in [0, 0.05) is 22.3 Å². The predicted molar refractivity (Wildman–Crippen MR) is 144 cm³/mol. The van der Waals surface area contributed by atoms with Crippen LogP contribution in [-0.4, -0.2) is 48.6 Å². The van der Waals surface area contributed by atoms with Gasteiger partial charge < -0.3 is 23.4 Å². The molecule has 3 heterocycles. The molecule has 1 aromatic heterocycles. The molecule has 2 saturated heterocycles. The van der Waals surface area contributed by atoms with E-state index in [1.165, 1.54) is 7.11 Å². The Balaban J connectivity index is 1.52. The van der Waals surface area contributed by atoms with E-state index in [1.807, 2.05) is 40.7 Å². The number of esters is 3. The van der Waals surface area contributed by atoms with E-state index < -0.39 is 58.0 Å². The summed E-state index contributed by atoms with van der Waals surface area (Å²) in [6, 6.07) is 1.81. The first-order valence-corrected chi connectivity index (χ1v) is 14.7. The van der Waals surface area contributed by atoms with E-state index in [4.69, 9.17) is 23.4 Å². The van der Waals surface area contributed by atoms with Crippen LogP contribution in [0.3, 0.4) is 0 Å². The van der Waals surface area contributed by atoms with Crippen LogP contribution >= 0.6 is 0 Å². The molecular formula is C32H40O9. The summed E-state index contributed by atoms with van der Waals surface area (Å²) in [7, 11) is 1.34. The standard InChI is InChI=1S/C32H40O9/c1-8-16(2)28(36)40-26-23-24(35)31(6,19(29(26,3)4)13-21(33)37-7)18-9-11-30(5)20(32(18)27(23)41-32)14-22(34)39-25(30)17-10-12-38-15-17/h9-10,12,15-16,19-20,23,25-27H,8,11,13-14H2,1-7H3/t16?,19-,20?,23+,25-,26+,27+,30+,31+,32+/m0/s1. The molecule has 9 nitrogen and oxygen atoms in total. The summed E-state index contributed by atoms with van der Waals surface area (Å²) in [4.78, 5) is 53.8. The second kappa shape index (κ2) is 9.03. The van der Waals surface area contributed by atoms with E-state index in [0.29, 0.717) is 12.8 Å². The third-order valence-electron chi connectivity index (χ3n) is 11.4. The van der Waals surface area contributed by atoms with E-state index >= 15 is 0 Å². The highest BCUT2D eigenvalue weighted by Crippen LogP contribution is 2.76. The summed E-state index contributed by atoms with van der Waals surface area (Å²) >= 11 is 0. The van der Waals surface area contributed by atoms with E-state index in [0.717, 1.165) is 11.1 Å². The van der Waals surface area contributed by atoms with Gasteiger partial charge in [-0.25, -0.2) is 0 Å². The number of ether oxygens (including phenoxy) is 4. The molecule has 6 rings (SSSR count). The number of rotatable bonds is 6. The van der Waals surface area contributed by atoms with Crippen molar-refractivity contribution in [1.82, 2.24) is 0 Å². The predicted octanol–water partition coefficient (Wildman–Crippen LogP) is 4.74. The Hall–Kier alpha value is -2.94. The number of Topliss-reactive ketones (excluding diaryl/α,β-unsaturated/α-hetero) is 1. The van der Waals surface area contributed by atoms with Gasteiger partial charge in [-0.2, -0.15) is 0 Å². The van der Waals surface area contributed by atoms with Crippen LogP contribution in [0, 0.1) is 39.9 Å². The zero-order chi connectivity index (χ0) is 29.7. The molecule has 2 unspecified atom stereocenters. The van der Waals surface area contributed by atoms with Crippen molar-refractivity contribution in [2.45, 2.75) is 91.1 Å². The maximum Gasteiger partial charge on any atom is 0.308 e. The number of allylic oxidation sites excluding steroid dienone is 1. The number of furan rings is 1. The Labute approximate surface area is 240 Å². The number of hydrogen-bond acceptors (Lipinski definition) is 9. The maximum absolute atomic E-state index is 14.6. The number of carbonyl (C=O) groups excluding carboxylic acids is 4. The summed E-state index contributed by atoms with van der Waals surface area (Å²) in [5.74, 6) is -3.11. The number of epoxide rings is 1. The molecule has 5 aliphatic rings. The van der Waals surface area contributed by atoms with Gasteiger partial charge in [0.25, 0.3) is 0 Å². The molecule has 222 valence electrons. The molecular weight excluding hydrogens is 528 g/mol. The van der Waals surface area contributed by atoms with Gasteiger partial charge >= 0.3 is 17.9 Å². The molecule has 0 aromatic carbocycles. The highest BCUT2D eigenvalue weighted by molar-refractivity contribution is 5.97. The molecule has 41 heavy (non-hydrogen) atoms. The molecule has 2 saturated carbocycles. The molecule has 3 aliphatic carbocycles. The van der Waals surface area contributed by atoms with Crippen molar-refractivity contribution in [2.24, 2.45) is 39.9 Å². The molecule has 1 spiro atoms. The number of hydrogen-bond donors (Lipinski definition) is 0. The molecule has 0 amide bonds. The van der Waals surface area contributed by atoms with Gasteiger partial charge in [0.05, 0.1) is 49.7 Å². The Morgan fingerprint density at radius 3 is 2.54 bits per heavy atom. The summed E-state index contributed by atoms with van der Waals surface area (Å²) in [5.41, 5.74) is -1.66. The zero-order valence-corrected chi connectivity index (χ0v) is 24.9. The monoisotopic (exact) mass is 568 g/mol. The van der Waals surface area contributed by atoms with E-state index in [-0.39, 0.29) is 42.4 Å². The van der Waals surface area contributed by atoms with Crippen LogP contribution in [0.5, 0.6) is 0 Å². The van der Waals surface area contributed by atoms with Gasteiger partial charge in [-0.05, 0) is 37.3 Å². The van der Waals surface area contributed by atoms with Crippen LogP contribution < -0.4 is 0 Å². The van der Waals surface area contributed by atoms with Crippen LogP contribution in [-0.2, 0) is 38.1 Å². The topological polar surface area (TPSA) is 122 Å². The van der Waals surface area contributed by atoms with Crippen LogP contribution in [0.25, 0.3) is 0 Å². The highest BCUT2D eigenvalue weighted by atomic mass is 16.6. The number of fused-ring (bicyclic) bond motifs is 5. The van der Waals surface area contributed by atoms with E-state index in [2.05, 4.69) is 13.0 Å². The van der Waals surface area contributed by atoms with Crippen molar-refractivity contribution in [2.75, 3.05) is 7.11 Å². The smallest absolute Gasteiger partial charge is 0.308 e. The molecule has 0 radical (unpaired) electrons. The maximum atomic E-state index is 14.6. The van der Waals surface area contributed by atoms with Crippen LogP contribution in [0.1, 0.15) is 78.9 Å². The molecule has 2 bridgehead atoms. The van der Waals surface area contributed by atoms with Gasteiger partial charge in [-0.15, -0.1) is 0 Å². The Kier molecular flexibility index (Phi) is 6.21. The first kappa shape index (κ1) is 28.2. The minimum Gasteiger partial charge on any atom is -0.472 e. The minimum atomic E-state index is -1.08. The van der Waals surface area contributed by atoms with Crippen LogP contribution in [0.15, 0.2) is 34.7 Å². The fourth-order valence-electron chi connectivity index (χ4n) is 8.99. The largest absolute Gasteiger partial charge is 0.472 e. The van der Waals surface area contributed by atoms with Crippen molar-refractivity contribution in [3.63, 3.8) is 0 Å². The number of ketones is 1. The van der Waals surface area contributed by atoms with Gasteiger partial charge in [-0.3, -0.25) is 19.2 Å². The summed E-state index contributed by atoms with van der Waals surface area (Å²) in [6.45, 7) is 11.7. The SMILES string of the molecule is CCC(C)C(=O)O[C@@H]1[C@H]2C(=O)[C@](C)(C3=CC[C@]4(C)C(CC(=O)O[C@H]4c4ccoc4)[C@]34O[C@H]24)[C@@H](CC(=O)OC)C1(C)C. The van der Waals surface area contributed by atoms with E-state index in [1.54, 1.807) is 12.5 Å². The van der Waals surface area contributed by atoms with E-state index in [9.17, 15) is 19.2 Å². The van der Waals surface area contributed by atoms with Crippen molar-refractivity contribution >= 4 is 23.7 Å². The van der Waals surface area contributed by atoms with Gasteiger partial charge in [0.1, 0.15) is 23.9 Å². The Bertz CT molecular complexity index is 1330. The molecule has 4 fully saturated rings. The number of carbonyl (C=O) groups is 4. The second-order valence-corrected chi connectivity index (χ2v) is 13.8. The second-order valence-electron chi connectivity index (χ2n) is 13.8. The van der Waals surface area contributed by atoms with Crippen molar-refractivity contribution < 1.29 is 42.5 Å². The number of cyclic esters (lactones) is 1. The summed E-state index contributed by atoms with van der Waals surface area (Å²) in [6.07, 6.45) is 4.64. The molecule has 10 atom stereocenters. The average molecular weight is 569 g/mol. The Morgan fingerprint density at radius 2 is 1.90 bits per heavy atom. The van der Waals surface area contributed by atoms with Crippen LogP contribution in [0.2, 0.25) is 0 Å². The molecule has 9 heteroatoms. The normalized spacial score (nSPS) is 42.5.